The molecule has 1 aromatic rings. The molecule has 1 aliphatic rings. The van der Waals surface area contributed by atoms with Gasteiger partial charge in [0.05, 0.1) is 11.8 Å². The van der Waals surface area contributed by atoms with E-state index in [1.807, 2.05) is 20.0 Å². The zero-order valence-corrected chi connectivity index (χ0v) is 9.23. The summed E-state index contributed by atoms with van der Waals surface area (Å²) in [6, 6.07) is 0. The van der Waals surface area contributed by atoms with Crippen LogP contribution in [0, 0.1) is 11.8 Å². The molecule has 2 heterocycles. The molecule has 0 amide bonds. The number of carbonyl (C=O) groups excluding carboxylic acids is 1. The molecular formula is C11H17N3O. The van der Waals surface area contributed by atoms with E-state index in [1.165, 1.54) is 0 Å². The van der Waals surface area contributed by atoms with Crippen molar-refractivity contribution in [3.05, 3.63) is 18.0 Å². The lowest BCUT2D eigenvalue weighted by Crippen LogP contribution is -2.47. The molecule has 82 valence electrons. The highest BCUT2D eigenvalue weighted by Crippen LogP contribution is 2.20. The van der Waals surface area contributed by atoms with Gasteiger partial charge in [0.2, 0.25) is 0 Å². The SMILES string of the molecule is CCn1cc(C(=O)C(C)C2CNC2)cn1. The summed E-state index contributed by atoms with van der Waals surface area (Å²) in [4.78, 5) is 12.0. The number of carbonyl (C=O) groups is 1. The van der Waals surface area contributed by atoms with Crippen molar-refractivity contribution in [1.29, 1.82) is 0 Å². The van der Waals surface area contributed by atoms with Gasteiger partial charge < -0.3 is 5.32 Å². The van der Waals surface area contributed by atoms with Gasteiger partial charge in [0, 0.05) is 18.7 Å². The summed E-state index contributed by atoms with van der Waals surface area (Å²) >= 11 is 0. The summed E-state index contributed by atoms with van der Waals surface area (Å²) in [6.45, 7) is 6.77. The molecule has 4 nitrogen and oxygen atoms in total. The van der Waals surface area contributed by atoms with Crippen LogP contribution in [0.1, 0.15) is 24.2 Å². The Balaban J connectivity index is 2.05. The first-order valence-corrected chi connectivity index (χ1v) is 5.49. The van der Waals surface area contributed by atoms with Crippen LogP contribution in [0.3, 0.4) is 0 Å². The first kappa shape index (κ1) is 10.4. The van der Waals surface area contributed by atoms with Gasteiger partial charge in [-0.2, -0.15) is 5.10 Å². The predicted octanol–water partition coefficient (Wildman–Crippen LogP) is 0.941. The minimum atomic E-state index is 0.112. The Morgan fingerprint density at radius 2 is 2.47 bits per heavy atom. The number of aromatic nitrogens is 2. The molecule has 1 unspecified atom stereocenters. The van der Waals surface area contributed by atoms with Crippen LogP contribution < -0.4 is 5.32 Å². The second-order valence-electron chi connectivity index (χ2n) is 4.16. The Morgan fingerprint density at radius 1 is 1.73 bits per heavy atom. The summed E-state index contributed by atoms with van der Waals surface area (Å²) in [5, 5.41) is 7.31. The molecule has 1 aromatic heterocycles. The zero-order chi connectivity index (χ0) is 10.8. The maximum absolute atomic E-state index is 12.0. The highest BCUT2D eigenvalue weighted by molar-refractivity contribution is 5.97. The van der Waals surface area contributed by atoms with E-state index in [0.29, 0.717) is 5.92 Å². The lowest BCUT2D eigenvalue weighted by atomic mass is 9.84. The van der Waals surface area contributed by atoms with Gasteiger partial charge in [-0.15, -0.1) is 0 Å². The van der Waals surface area contributed by atoms with E-state index >= 15 is 0 Å². The molecule has 0 radical (unpaired) electrons. The highest BCUT2D eigenvalue weighted by atomic mass is 16.1. The topological polar surface area (TPSA) is 46.9 Å². The van der Waals surface area contributed by atoms with Gasteiger partial charge in [-0.05, 0) is 25.9 Å². The van der Waals surface area contributed by atoms with Gasteiger partial charge >= 0.3 is 0 Å². The molecular weight excluding hydrogens is 190 g/mol. The number of aryl methyl sites for hydroxylation is 1. The van der Waals surface area contributed by atoms with Crippen LogP contribution in [0.25, 0.3) is 0 Å². The summed E-state index contributed by atoms with van der Waals surface area (Å²) in [5.41, 5.74) is 0.747. The van der Waals surface area contributed by atoms with Crippen LogP contribution in [0.2, 0.25) is 0 Å². The largest absolute Gasteiger partial charge is 0.316 e. The molecule has 4 heteroatoms. The standard InChI is InChI=1S/C11H17N3O/c1-3-14-7-10(6-13-14)11(15)8(2)9-4-12-5-9/h6-9,12H,3-5H2,1-2H3. The van der Waals surface area contributed by atoms with E-state index in [9.17, 15) is 4.79 Å². The van der Waals surface area contributed by atoms with Crippen molar-refractivity contribution in [2.75, 3.05) is 13.1 Å². The summed E-state index contributed by atoms with van der Waals surface area (Å²) < 4.78 is 1.79. The summed E-state index contributed by atoms with van der Waals surface area (Å²) in [6.07, 6.45) is 3.51. The first-order chi connectivity index (χ1) is 7.22. The maximum Gasteiger partial charge on any atom is 0.169 e. The van der Waals surface area contributed by atoms with Crippen LogP contribution in [0.15, 0.2) is 12.4 Å². The number of hydrogen-bond donors (Lipinski definition) is 1. The molecule has 1 aliphatic heterocycles. The van der Waals surface area contributed by atoms with Crippen LogP contribution in [0.4, 0.5) is 0 Å². The quantitative estimate of drug-likeness (QED) is 0.747. The molecule has 1 N–H and O–H groups in total. The third-order valence-corrected chi connectivity index (χ3v) is 3.18. The van der Waals surface area contributed by atoms with Crippen molar-refractivity contribution in [1.82, 2.24) is 15.1 Å². The van der Waals surface area contributed by atoms with Crippen LogP contribution in [0.5, 0.6) is 0 Å². The normalized spacial score (nSPS) is 18.5. The molecule has 0 aromatic carbocycles. The van der Waals surface area contributed by atoms with E-state index in [2.05, 4.69) is 10.4 Å². The average molecular weight is 207 g/mol. The van der Waals surface area contributed by atoms with Crippen LogP contribution in [-0.2, 0) is 6.54 Å². The third-order valence-electron chi connectivity index (χ3n) is 3.18. The minimum absolute atomic E-state index is 0.112. The Morgan fingerprint density at radius 3 is 2.93 bits per heavy atom. The summed E-state index contributed by atoms with van der Waals surface area (Å²) in [5.74, 6) is 0.837. The predicted molar refractivity (Wildman–Crippen MR) is 57.8 cm³/mol. The van der Waals surface area contributed by atoms with Gasteiger partial charge in [0.1, 0.15) is 0 Å². The maximum atomic E-state index is 12.0. The van der Waals surface area contributed by atoms with Gasteiger partial charge in [-0.3, -0.25) is 9.48 Å². The van der Waals surface area contributed by atoms with Crippen molar-refractivity contribution in [2.24, 2.45) is 11.8 Å². The lowest BCUT2D eigenvalue weighted by molar-refractivity contribution is 0.0854. The van der Waals surface area contributed by atoms with Crippen LogP contribution >= 0.6 is 0 Å². The van der Waals surface area contributed by atoms with Gasteiger partial charge in [0.25, 0.3) is 0 Å². The first-order valence-electron chi connectivity index (χ1n) is 5.49. The van der Waals surface area contributed by atoms with Gasteiger partial charge in [-0.1, -0.05) is 6.92 Å². The minimum Gasteiger partial charge on any atom is -0.316 e. The average Bonchev–Trinajstić information content (AvgIpc) is 2.61. The van der Waals surface area contributed by atoms with E-state index in [4.69, 9.17) is 0 Å². The molecule has 2 rings (SSSR count). The smallest absolute Gasteiger partial charge is 0.169 e. The molecule has 0 spiro atoms. The number of Topliss-reactive ketones (excluding diaryl/α,β-unsaturated/α-hetero) is 1. The van der Waals surface area contributed by atoms with Gasteiger partial charge in [0.15, 0.2) is 5.78 Å². The Hall–Kier alpha value is -1.16. The van der Waals surface area contributed by atoms with E-state index in [0.717, 1.165) is 25.2 Å². The molecule has 1 fully saturated rings. The molecule has 1 atom stereocenters. The fraction of sp³-hybridized carbons (Fsp3) is 0.636. The Kier molecular flexibility index (Phi) is 2.86. The van der Waals surface area contributed by atoms with Crippen molar-refractivity contribution >= 4 is 5.78 Å². The number of nitrogens with zero attached hydrogens (tertiary/aromatic N) is 2. The fourth-order valence-electron chi connectivity index (χ4n) is 1.81. The molecule has 0 saturated carbocycles. The van der Waals surface area contributed by atoms with Crippen molar-refractivity contribution < 1.29 is 4.79 Å². The number of ketones is 1. The van der Waals surface area contributed by atoms with E-state index in [1.54, 1.807) is 10.9 Å². The van der Waals surface area contributed by atoms with Crippen molar-refractivity contribution in [3.63, 3.8) is 0 Å². The van der Waals surface area contributed by atoms with E-state index in [-0.39, 0.29) is 11.7 Å². The van der Waals surface area contributed by atoms with Crippen LogP contribution in [-0.4, -0.2) is 28.7 Å². The number of hydrogen-bond acceptors (Lipinski definition) is 3. The molecule has 0 bridgehead atoms. The Labute approximate surface area is 89.7 Å². The number of nitrogens with one attached hydrogen (secondary N) is 1. The Bertz CT molecular complexity index is 354. The highest BCUT2D eigenvalue weighted by Gasteiger charge is 2.29. The fourth-order valence-corrected chi connectivity index (χ4v) is 1.81. The van der Waals surface area contributed by atoms with Crippen molar-refractivity contribution in [3.8, 4) is 0 Å². The number of rotatable bonds is 4. The summed E-state index contributed by atoms with van der Waals surface area (Å²) in [7, 11) is 0. The van der Waals surface area contributed by atoms with Gasteiger partial charge in [-0.25, -0.2) is 0 Å². The second kappa shape index (κ2) is 4.14. The molecule has 0 aliphatic carbocycles. The monoisotopic (exact) mass is 207 g/mol. The van der Waals surface area contributed by atoms with E-state index < -0.39 is 0 Å². The zero-order valence-electron chi connectivity index (χ0n) is 9.23. The molecule has 1 saturated heterocycles. The van der Waals surface area contributed by atoms with Crippen molar-refractivity contribution in [2.45, 2.75) is 20.4 Å². The second-order valence-corrected chi connectivity index (χ2v) is 4.16. The third kappa shape index (κ3) is 1.95. The molecule has 15 heavy (non-hydrogen) atoms. The lowest BCUT2D eigenvalue weighted by Gasteiger charge is -2.31.